The second-order valence-electron chi connectivity index (χ2n) is 9.41. The van der Waals surface area contributed by atoms with Gasteiger partial charge in [-0.3, -0.25) is 0 Å². The van der Waals surface area contributed by atoms with E-state index in [1.165, 1.54) is 36.5 Å². The molecule has 1 aromatic rings. The van der Waals surface area contributed by atoms with Crippen LogP contribution in [0.25, 0.3) is 0 Å². The van der Waals surface area contributed by atoms with E-state index in [0.29, 0.717) is 10.3 Å². The van der Waals surface area contributed by atoms with Crippen LogP contribution in [-0.4, -0.2) is 13.9 Å². The second-order valence-corrected chi connectivity index (χ2v) is 12.6. The Labute approximate surface area is 180 Å². The number of benzene rings is 1. The van der Waals surface area contributed by atoms with Crippen LogP contribution >= 0.6 is 22.6 Å². The molecule has 2 nitrogen and oxygen atoms in total. The molecule has 2 unspecified atom stereocenters. The maximum absolute atomic E-state index is 11.8. The van der Waals surface area contributed by atoms with Crippen molar-refractivity contribution in [2.45, 2.75) is 75.9 Å². The highest BCUT2D eigenvalue weighted by atomic mass is 127. The van der Waals surface area contributed by atoms with E-state index >= 15 is 0 Å². The van der Waals surface area contributed by atoms with Crippen LogP contribution in [-0.2, 0) is 9.73 Å². The molecule has 3 saturated carbocycles. The van der Waals surface area contributed by atoms with Gasteiger partial charge in [0.1, 0.15) is 0 Å². The van der Waals surface area contributed by atoms with Gasteiger partial charge in [-0.15, -0.1) is 0 Å². The first-order valence-electron chi connectivity index (χ1n) is 10.7. The third-order valence-electron chi connectivity index (χ3n) is 7.56. The van der Waals surface area contributed by atoms with Crippen molar-refractivity contribution in [3.63, 3.8) is 0 Å². The molecule has 0 amide bonds. The average Bonchev–Trinajstić information content (AvgIpc) is 3.46. The highest BCUT2D eigenvalue weighted by Crippen LogP contribution is 2.59. The maximum atomic E-state index is 11.8. The van der Waals surface area contributed by atoms with Gasteiger partial charge in [-0.05, 0) is 73.3 Å². The number of rotatable bonds is 4. The Morgan fingerprint density at radius 3 is 2.44 bits per heavy atom. The molecule has 4 rings (SSSR count). The molecule has 0 aliphatic heterocycles. The van der Waals surface area contributed by atoms with Crippen molar-refractivity contribution in [1.29, 1.82) is 4.78 Å². The molecular formula is C23H36INOS. The van der Waals surface area contributed by atoms with E-state index in [0.717, 1.165) is 36.5 Å². The Morgan fingerprint density at radius 1 is 1.19 bits per heavy atom. The lowest BCUT2D eigenvalue weighted by Gasteiger charge is -2.45. The van der Waals surface area contributed by atoms with Gasteiger partial charge < -0.3 is 0 Å². The SMILES string of the molecule is C[C@H](CI)C1CC[C@H]2[C@@H](C)CCC[C@]12C.N=S(=O)(c1ccccc1)C1CC1. The zero-order chi connectivity index (χ0) is 19.7. The smallest absolute Gasteiger partial charge is 0.0755 e. The average molecular weight is 502 g/mol. The van der Waals surface area contributed by atoms with Gasteiger partial charge in [-0.1, -0.05) is 74.4 Å². The lowest BCUT2D eigenvalue weighted by atomic mass is 9.60. The first-order chi connectivity index (χ1) is 12.8. The predicted octanol–water partition coefficient (Wildman–Crippen LogP) is 7.16. The maximum Gasteiger partial charge on any atom is 0.0755 e. The minimum atomic E-state index is -2.47. The third-order valence-corrected chi connectivity index (χ3v) is 11.3. The van der Waals surface area contributed by atoms with E-state index in [1.807, 2.05) is 18.2 Å². The Kier molecular flexibility index (Phi) is 6.98. The van der Waals surface area contributed by atoms with Gasteiger partial charge >= 0.3 is 0 Å². The number of hydrogen-bond donors (Lipinski definition) is 1. The molecule has 0 heterocycles. The third kappa shape index (κ3) is 4.57. The van der Waals surface area contributed by atoms with Gasteiger partial charge in [0, 0.05) is 14.6 Å². The predicted molar refractivity (Wildman–Crippen MR) is 124 cm³/mol. The number of halogens is 1. The lowest BCUT2D eigenvalue weighted by molar-refractivity contribution is 0.0418. The number of alkyl halides is 1. The summed E-state index contributed by atoms with van der Waals surface area (Å²) in [7, 11) is -2.47. The van der Waals surface area contributed by atoms with Crippen molar-refractivity contribution >= 4 is 32.3 Å². The summed E-state index contributed by atoms with van der Waals surface area (Å²) in [6.45, 7) is 7.58. The highest BCUT2D eigenvalue weighted by molar-refractivity contribution is 14.1. The Morgan fingerprint density at radius 2 is 1.85 bits per heavy atom. The van der Waals surface area contributed by atoms with Crippen LogP contribution in [0.3, 0.4) is 0 Å². The minimum Gasteiger partial charge on any atom is -0.249 e. The van der Waals surface area contributed by atoms with Gasteiger partial charge in [0.25, 0.3) is 0 Å². The fraction of sp³-hybridized carbons (Fsp3) is 0.739. The van der Waals surface area contributed by atoms with E-state index < -0.39 is 9.73 Å². The van der Waals surface area contributed by atoms with Gasteiger partial charge in [0.15, 0.2) is 0 Å². The van der Waals surface area contributed by atoms with Gasteiger partial charge in [0.05, 0.1) is 9.73 Å². The summed E-state index contributed by atoms with van der Waals surface area (Å²) in [6.07, 6.45) is 9.42. The minimum absolute atomic E-state index is 0.125. The molecule has 0 radical (unpaired) electrons. The summed E-state index contributed by atoms with van der Waals surface area (Å²) in [4.78, 5) is 0.688. The molecule has 1 N–H and O–H groups in total. The van der Waals surface area contributed by atoms with Crippen molar-refractivity contribution < 1.29 is 4.21 Å². The first kappa shape index (κ1) is 21.6. The van der Waals surface area contributed by atoms with Crippen molar-refractivity contribution in [3.8, 4) is 0 Å². The molecule has 3 aliphatic carbocycles. The molecule has 27 heavy (non-hydrogen) atoms. The molecule has 3 fully saturated rings. The molecular weight excluding hydrogens is 465 g/mol. The van der Waals surface area contributed by atoms with E-state index in [4.69, 9.17) is 4.78 Å². The van der Waals surface area contributed by atoms with E-state index in [-0.39, 0.29) is 5.25 Å². The Hall–Kier alpha value is -0.100. The van der Waals surface area contributed by atoms with Crippen molar-refractivity contribution in [3.05, 3.63) is 30.3 Å². The Bertz CT molecular complexity index is 715. The van der Waals surface area contributed by atoms with Gasteiger partial charge in [0.2, 0.25) is 0 Å². The largest absolute Gasteiger partial charge is 0.249 e. The second kappa shape index (κ2) is 8.73. The molecule has 0 saturated heterocycles. The molecule has 0 aromatic heterocycles. The molecule has 1 aromatic carbocycles. The van der Waals surface area contributed by atoms with Crippen molar-refractivity contribution in [2.24, 2.45) is 29.1 Å². The first-order valence-corrected chi connectivity index (χ1v) is 13.8. The summed E-state index contributed by atoms with van der Waals surface area (Å²) in [5, 5.41) is 0.125. The molecule has 152 valence electrons. The monoisotopic (exact) mass is 501 g/mol. The van der Waals surface area contributed by atoms with Crippen LogP contribution < -0.4 is 0 Å². The van der Waals surface area contributed by atoms with Crippen LogP contribution in [0.2, 0.25) is 0 Å². The van der Waals surface area contributed by atoms with Gasteiger partial charge in [-0.2, -0.15) is 0 Å². The standard InChI is InChI=1S/C14H25I.C9H11NOS/c1-10-5-4-8-14(3)12(10)6-7-13(14)11(2)9-15;10-12(11,9-6-7-9)8-4-2-1-3-5-8/h10-13H,4-9H2,1-3H3;1-5,9-10H,6-7H2/t10-,11+,12-,13?,14-;/m0./s1. The van der Waals surface area contributed by atoms with E-state index in [9.17, 15) is 4.21 Å². The van der Waals surface area contributed by atoms with Crippen LogP contribution in [0.1, 0.15) is 65.7 Å². The fourth-order valence-electron chi connectivity index (χ4n) is 5.86. The summed E-state index contributed by atoms with van der Waals surface area (Å²) in [5.74, 6) is 3.99. The van der Waals surface area contributed by atoms with E-state index in [2.05, 4.69) is 43.4 Å². The van der Waals surface area contributed by atoms with Crippen molar-refractivity contribution in [2.75, 3.05) is 4.43 Å². The highest BCUT2D eigenvalue weighted by Gasteiger charge is 2.50. The van der Waals surface area contributed by atoms with Gasteiger partial charge in [-0.25, -0.2) is 8.99 Å². The fourth-order valence-corrected chi connectivity index (χ4v) is 8.22. The zero-order valence-corrected chi connectivity index (χ0v) is 20.1. The normalized spacial score (nSPS) is 36.1. The summed E-state index contributed by atoms with van der Waals surface area (Å²) < 4.78 is 20.9. The van der Waals surface area contributed by atoms with Crippen LogP contribution in [0.5, 0.6) is 0 Å². The Balaban J connectivity index is 0.000000159. The molecule has 0 bridgehead atoms. The zero-order valence-electron chi connectivity index (χ0n) is 17.1. The van der Waals surface area contributed by atoms with Crippen molar-refractivity contribution in [1.82, 2.24) is 0 Å². The number of fused-ring (bicyclic) bond motifs is 1. The molecule has 3 aliphatic rings. The van der Waals surface area contributed by atoms with Crippen LogP contribution in [0.15, 0.2) is 35.2 Å². The van der Waals surface area contributed by atoms with Crippen LogP contribution in [0, 0.1) is 33.9 Å². The van der Waals surface area contributed by atoms with Crippen LogP contribution in [0.4, 0.5) is 0 Å². The molecule has 4 heteroatoms. The molecule has 0 spiro atoms. The molecule has 6 atom stereocenters. The van der Waals surface area contributed by atoms with E-state index in [1.54, 1.807) is 12.1 Å². The quantitative estimate of drug-likeness (QED) is 0.345. The number of nitrogens with one attached hydrogen (secondary N) is 1. The summed E-state index contributed by atoms with van der Waals surface area (Å²) in [6, 6.07) is 9.13. The lowest BCUT2D eigenvalue weighted by Crippen LogP contribution is -2.38. The number of hydrogen-bond acceptors (Lipinski definition) is 2. The summed E-state index contributed by atoms with van der Waals surface area (Å²) in [5.41, 5.74) is 0.697. The summed E-state index contributed by atoms with van der Waals surface area (Å²) >= 11 is 2.58. The topological polar surface area (TPSA) is 40.9 Å².